The van der Waals surface area contributed by atoms with Crippen molar-refractivity contribution in [3.63, 3.8) is 0 Å². The molecule has 98 valence electrons. The Kier molecular flexibility index (Phi) is 4.19. The summed E-state index contributed by atoms with van der Waals surface area (Å²) in [5.41, 5.74) is 5.28. The summed E-state index contributed by atoms with van der Waals surface area (Å²) in [5.74, 6) is 0.478. The second kappa shape index (κ2) is 5.67. The first kappa shape index (κ1) is 13.3. The van der Waals surface area contributed by atoms with E-state index in [1.165, 1.54) is 22.4 Å². The summed E-state index contributed by atoms with van der Waals surface area (Å²) in [4.78, 5) is 0. The maximum absolute atomic E-state index is 4.52. The van der Waals surface area contributed by atoms with E-state index in [0.29, 0.717) is 5.92 Å². The number of aryl methyl sites for hydroxylation is 2. The summed E-state index contributed by atoms with van der Waals surface area (Å²) >= 11 is 1.77. The lowest BCUT2D eigenvalue weighted by atomic mass is 10.1. The van der Waals surface area contributed by atoms with Gasteiger partial charge in [-0.1, -0.05) is 13.8 Å². The predicted molar refractivity (Wildman–Crippen MR) is 76.9 cm³/mol. The molecule has 0 aliphatic heterocycles. The molecular formula is C14H21N3S. The van der Waals surface area contributed by atoms with Gasteiger partial charge in [-0.15, -0.1) is 0 Å². The zero-order valence-corrected chi connectivity index (χ0v) is 12.3. The third-order valence-electron chi connectivity index (χ3n) is 3.08. The molecule has 0 aliphatic rings. The van der Waals surface area contributed by atoms with Gasteiger partial charge < -0.3 is 5.32 Å². The Bertz CT molecular complexity index is 511. The smallest absolute Gasteiger partial charge is 0.0694 e. The van der Waals surface area contributed by atoms with Crippen molar-refractivity contribution in [2.75, 3.05) is 0 Å². The number of thiophene rings is 1. The molecule has 0 aromatic carbocycles. The number of hydrogen-bond acceptors (Lipinski definition) is 3. The minimum atomic E-state index is 0.478. The third-order valence-corrected chi connectivity index (χ3v) is 3.99. The van der Waals surface area contributed by atoms with Crippen LogP contribution in [0.1, 0.15) is 42.1 Å². The van der Waals surface area contributed by atoms with Crippen LogP contribution in [0.4, 0.5) is 0 Å². The van der Waals surface area contributed by atoms with Gasteiger partial charge in [0.2, 0.25) is 0 Å². The highest BCUT2D eigenvalue weighted by atomic mass is 32.1. The van der Waals surface area contributed by atoms with Crippen molar-refractivity contribution >= 4 is 11.3 Å². The quantitative estimate of drug-likeness (QED) is 0.897. The van der Waals surface area contributed by atoms with Crippen molar-refractivity contribution in [3.8, 4) is 0 Å². The van der Waals surface area contributed by atoms with Crippen molar-refractivity contribution in [2.45, 2.75) is 39.8 Å². The van der Waals surface area contributed by atoms with Crippen LogP contribution in [0.15, 0.2) is 17.0 Å². The van der Waals surface area contributed by atoms with Gasteiger partial charge in [-0.25, -0.2) is 0 Å². The molecule has 0 aliphatic carbocycles. The molecule has 0 unspecified atom stereocenters. The summed E-state index contributed by atoms with van der Waals surface area (Å²) in [7, 11) is 1.98. The van der Waals surface area contributed by atoms with Crippen LogP contribution in [0, 0.1) is 6.92 Å². The van der Waals surface area contributed by atoms with E-state index in [1.807, 2.05) is 11.7 Å². The first-order chi connectivity index (χ1) is 8.58. The molecule has 4 heteroatoms. The molecule has 18 heavy (non-hydrogen) atoms. The summed E-state index contributed by atoms with van der Waals surface area (Å²) in [6.45, 7) is 8.36. The highest BCUT2D eigenvalue weighted by molar-refractivity contribution is 7.08. The second-order valence-electron chi connectivity index (χ2n) is 5.05. The van der Waals surface area contributed by atoms with Gasteiger partial charge in [0.1, 0.15) is 0 Å². The Labute approximate surface area is 113 Å². The minimum Gasteiger partial charge on any atom is -0.308 e. The van der Waals surface area contributed by atoms with Crippen molar-refractivity contribution < 1.29 is 0 Å². The molecule has 0 spiro atoms. The monoisotopic (exact) mass is 263 g/mol. The Morgan fingerprint density at radius 3 is 2.61 bits per heavy atom. The van der Waals surface area contributed by atoms with E-state index < -0.39 is 0 Å². The number of rotatable bonds is 5. The van der Waals surface area contributed by atoms with Crippen molar-refractivity contribution in [3.05, 3.63) is 39.3 Å². The fraction of sp³-hybridized carbons (Fsp3) is 0.500. The molecular weight excluding hydrogens is 242 g/mol. The van der Waals surface area contributed by atoms with Gasteiger partial charge >= 0.3 is 0 Å². The van der Waals surface area contributed by atoms with Crippen LogP contribution < -0.4 is 5.32 Å². The molecule has 3 nitrogen and oxygen atoms in total. The molecule has 0 saturated carbocycles. The van der Waals surface area contributed by atoms with E-state index >= 15 is 0 Å². The van der Waals surface area contributed by atoms with E-state index in [2.05, 4.69) is 48.1 Å². The van der Waals surface area contributed by atoms with Crippen LogP contribution in [-0.2, 0) is 20.1 Å². The van der Waals surface area contributed by atoms with E-state index in [9.17, 15) is 0 Å². The second-order valence-corrected chi connectivity index (χ2v) is 5.80. The largest absolute Gasteiger partial charge is 0.308 e. The summed E-state index contributed by atoms with van der Waals surface area (Å²) in [6, 6.07) is 0. The summed E-state index contributed by atoms with van der Waals surface area (Å²) in [5, 5.41) is 12.4. The van der Waals surface area contributed by atoms with Crippen LogP contribution in [0.25, 0.3) is 0 Å². The Morgan fingerprint density at radius 2 is 2.00 bits per heavy atom. The van der Waals surface area contributed by atoms with Crippen LogP contribution >= 0.6 is 11.3 Å². The molecule has 0 atom stereocenters. The average molecular weight is 263 g/mol. The lowest BCUT2D eigenvalue weighted by molar-refractivity contribution is 0.677. The van der Waals surface area contributed by atoms with E-state index in [0.717, 1.165) is 13.1 Å². The van der Waals surface area contributed by atoms with Crippen molar-refractivity contribution in [1.82, 2.24) is 15.1 Å². The number of aromatic nitrogens is 2. The fourth-order valence-corrected chi connectivity index (χ4v) is 2.93. The van der Waals surface area contributed by atoms with Gasteiger partial charge in [-0.05, 0) is 34.7 Å². The molecule has 2 rings (SSSR count). The van der Waals surface area contributed by atoms with Gasteiger partial charge in [0.15, 0.2) is 0 Å². The first-order valence-corrected chi connectivity index (χ1v) is 7.27. The van der Waals surface area contributed by atoms with Crippen LogP contribution in [0.2, 0.25) is 0 Å². The zero-order valence-electron chi connectivity index (χ0n) is 11.5. The molecule has 0 radical (unpaired) electrons. The molecule has 2 heterocycles. The van der Waals surface area contributed by atoms with Crippen LogP contribution in [0.5, 0.6) is 0 Å². The minimum absolute atomic E-state index is 0.478. The number of nitrogens with zero attached hydrogens (tertiary/aromatic N) is 2. The lowest BCUT2D eigenvalue weighted by Crippen LogP contribution is -2.13. The molecule has 0 fully saturated rings. The first-order valence-electron chi connectivity index (χ1n) is 6.32. The number of hydrogen-bond donors (Lipinski definition) is 1. The lowest BCUT2D eigenvalue weighted by Gasteiger charge is -2.07. The van der Waals surface area contributed by atoms with E-state index in [1.54, 1.807) is 11.3 Å². The maximum Gasteiger partial charge on any atom is 0.0694 e. The van der Waals surface area contributed by atoms with E-state index in [-0.39, 0.29) is 0 Å². The number of nitrogens with one attached hydrogen (secondary N) is 1. The Hall–Kier alpha value is -1.13. The van der Waals surface area contributed by atoms with Crippen LogP contribution in [0.3, 0.4) is 0 Å². The highest BCUT2D eigenvalue weighted by Gasteiger charge is 2.10. The SMILES string of the molecule is Cc1cscc1CNCc1cn(C)nc1C(C)C. The Balaban J connectivity index is 1.96. The summed E-state index contributed by atoms with van der Waals surface area (Å²) in [6.07, 6.45) is 2.11. The van der Waals surface area contributed by atoms with Gasteiger partial charge in [0.05, 0.1) is 5.69 Å². The van der Waals surface area contributed by atoms with Crippen molar-refractivity contribution in [2.24, 2.45) is 7.05 Å². The molecule has 0 saturated heterocycles. The van der Waals surface area contributed by atoms with Gasteiger partial charge in [0, 0.05) is 31.9 Å². The normalized spacial score (nSPS) is 11.4. The van der Waals surface area contributed by atoms with Gasteiger partial charge in [0.25, 0.3) is 0 Å². The standard InChI is InChI=1S/C14H21N3S/c1-10(2)14-12(7-17(4)16-14)5-15-6-13-9-18-8-11(13)3/h7-10,15H,5-6H2,1-4H3. The highest BCUT2D eigenvalue weighted by Crippen LogP contribution is 2.18. The van der Waals surface area contributed by atoms with Crippen LogP contribution in [-0.4, -0.2) is 9.78 Å². The van der Waals surface area contributed by atoms with E-state index in [4.69, 9.17) is 0 Å². The average Bonchev–Trinajstić information content (AvgIpc) is 2.86. The maximum atomic E-state index is 4.52. The molecule has 0 amide bonds. The van der Waals surface area contributed by atoms with Gasteiger partial charge in [-0.2, -0.15) is 16.4 Å². The zero-order chi connectivity index (χ0) is 13.1. The molecule has 1 N–H and O–H groups in total. The third kappa shape index (κ3) is 3.00. The van der Waals surface area contributed by atoms with Gasteiger partial charge in [-0.3, -0.25) is 4.68 Å². The Morgan fingerprint density at radius 1 is 1.28 bits per heavy atom. The fourth-order valence-electron chi connectivity index (χ4n) is 2.08. The predicted octanol–water partition coefficient (Wildman–Crippen LogP) is 3.20. The molecule has 2 aromatic heterocycles. The van der Waals surface area contributed by atoms with Crippen molar-refractivity contribution in [1.29, 1.82) is 0 Å². The summed E-state index contributed by atoms with van der Waals surface area (Å²) < 4.78 is 1.90. The molecule has 2 aromatic rings. The topological polar surface area (TPSA) is 29.9 Å². The molecule has 0 bridgehead atoms.